The Bertz CT molecular complexity index is 1060. The number of benzene rings is 2. The van der Waals surface area contributed by atoms with E-state index in [2.05, 4.69) is 4.98 Å². The van der Waals surface area contributed by atoms with Crippen molar-refractivity contribution >= 4 is 17.2 Å². The summed E-state index contributed by atoms with van der Waals surface area (Å²) in [4.78, 5) is 18.8. The van der Waals surface area contributed by atoms with Crippen LogP contribution >= 0.6 is 11.3 Å². The molecule has 1 N–H and O–H groups in total. The van der Waals surface area contributed by atoms with E-state index < -0.39 is 18.0 Å². The van der Waals surface area contributed by atoms with E-state index in [0.29, 0.717) is 31.7 Å². The third-order valence-corrected chi connectivity index (χ3v) is 6.18. The second-order valence-electron chi connectivity index (χ2n) is 7.68. The largest absolute Gasteiger partial charge is 0.485 e. The first-order chi connectivity index (χ1) is 15.5. The van der Waals surface area contributed by atoms with Gasteiger partial charge < -0.3 is 19.5 Å². The molecule has 2 aromatic carbocycles. The van der Waals surface area contributed by atoms with E-state index >= 15 is 0 Å². The number of hydrogen-bond acceptors (Lipinski definition) is 6. The summed E-state index contributed by atoms with van der Waals surface area (Å²) in [5.74, 6) is 0.0738. The smallest absolute Gasteiger partial charge is 0.260 e. The minimum absolute atomic E-state index is 0.0932. The summed E-state index contributed by atoms with van der Waals surface area (Å²) >= 11 is 1.60. The maximum absolute atomic E-state index is 13.9. The van der Waals surface area contributed by atoms with E-state index in [1.165, 1.54) is 12.1 Å². The Morgan fingerprint density at radius 1 is 1.19 bits per heavy atom. The highest BCUT2D eigenvalue weighted by molar-refractivity contribution is 7.09. The van der Waals surface area contributed by atoms with Gasteiger partial charge >= 0.3 is 0 Å². The third-order valence-electron chi connectivity index (χ3n) is 5.41. The number of amides is 1. The van der Waals surface area contributed by atoms with E-state index in [9.17, 15) is 14.3 Å². The number of aryl methyl sites for hydroxylation is 1. The lowest BCUT2D eigenvalue weighted by Gasteiger charge is -2.22. The van der Waals surface area contributed by atoms with Crippen LogP contribution in [0.2, 0.25) is 0 Å². The molecule has 3 aromatic rings. The number of nitrogens with zero attached hydrogens (tertiary/aromatic N) is 2. The Labute approximate surface area is 190 Å². The van der Waals surface area contributed by atoms with Crippen LogP contribution in [0.1, 0.15) is 17.8 Å². The molecule has 0 unspecified atom stereocenters. The Morgan fingerprint density at radius 2 is 1.94 bits per heavy atom. The van der Waals surface area contributed by atoms with Gasteiger partial charge in [-0.05, 0) is 49.7 Å². The molecule has 1 saturated heterocycles. The highest BCUT2D eigenvalue weighted by atomic mass is 32.1. The van der Waals surface area contributed by atoms with Gasteiger partial charge in [0.1, 0.15) is 11.9 Å². The summed E-state index contributed by atoms with van der Waals surface area (Å²) in [6.45, 7) is 2.67. The Balaban J connectivity index is 1.29. The number of carbonyl (C=O) groups is 1. The number of rotatable bonds is 6. The zero-order valence-corrected chi connectivity index (χ0v) is 18.6. The van der Waals surface area contributed by atoms with Crippen LogP contribution in [0.15, 0.2) is 53.9 Å². The van der Waals surface area contributed by atoms with E-state index in [4.69, 9.17) is 9.47 Å². The van der Waals surface area contributed by atoms with Crippen LogP contribution in [0.3, 0.4) is 0 Å². The summed E-state index contributed by atoms with van der Waals surface area (Å²) in [6.07, 6.45) is -0.599. The van der Waals surface area contributed by atoms with Crippen LogP contribution < -0.4 is 9.47 Å². The minimum atomic E-state index is -0.782. The number of aliphatic hydroxyl groups is 1. The van der Waals surface area contributed by atoms with Crippen molar-refractivity contribution in [3.8, 4) is 22.8 Å². The van der Waals surface area contributed by atoms with E-state index in [0.717, 1.165) is 16.3 Å². The maximum atomic E-state index is 13.9. The number of thiazole rings is 1. The van der Waals surface area contributed by atoms with Gasteiger partial charge in [0.15, 0.2) is 18.2 Å². The highest BCUT2D eigenvalue weighted by Crippen LogP contribution is 2.25. The van der Waals surface area contributed by atoms with Gasteiger partial charge in [-0.25, -0.2) is 9.37 Å². The molecule has 4 rings (SSSR count). The van der Waals surface area contributed by atoms with Crippen LogP contribution in [0.5, 0.6) is 11.5 Å². The van der Waals surface area contributed by atoms with Crippen molar-refractivity contribution in [2.24, 2.45) is 0 Å². The van der Waals surface area contributed by atoms with Crippen LogP contribution in [0, 0.1) is 12.7 Å². The van der Waals surface area contributed by atoms with E-state index in [-0.39, 0.29) is 18.3 Å². The number of hydrogen-bond donors (Lipinski definition) is 1. The molecule has 0 aliphatic carbocycles. The van der Waals surface area contributed by atoms with E-state index in [1.807, 2.05) is 36.6 Å². The Morgan fingerprint density at radius 3 is 2.66 bits per heavy atom. The summed E-state index contributed by atoms with van der Waals surface area (Å²) in [5.41, 5.74) is 1.92. The molecular formula is C24H25FN2O4S. The van der Waals surface area contributed by atoms with Crippen molar-refractivity contribution in [3.05, 3.63) is 64.7 Å². The van der Waals surface area contributed by atoms with Crippen molar-refractivity contribution in [1.29, 1.82) is 0 Å². The highest BCUT2D eigenvalue weighted by Gasteiger charge is 2.29. The lowest BCUT2D eigenvalue weighted by atomic mass is 10.1. The van der Waals surface area contributed by atoms with Gasteiger partial charge in [0.2, 0.25) is 0 Å². The van der Waals surface area contributed by atoms with Crippen molar-refractivity contribution in [3.63, 3.8) is 0 Å². The molecule has 1 aliphatic heterocycles. The average molecular weight is 457 g/mol. The topological polar surface area (TPSA) is 71.9 Å². The monoisotopic (exact) mass is 456 g/mol. The van der Waals surface area contributed by atoms with Gasteiger partial charge in [0.05, 0.1) is 16.8 Å². The molecule has 0 spiro atoms. The van der Waals surface area contributed by atoms with Gasteiger partial charge in [-0.1, -0.05) is 12.1 Å². The molecule has 1 aliphatic rings. The fourth-order valence-electron chi connectivity index (χ4n) is 3.61. The predicted molar refractivity (Wildman–Crippen MR) is 120 cm³/mol. The summed E-state index contributed by atoms with van der Waals surface area (Å²) in [7, 11) is 0. The predicted octanol–water partition coefficient (Wildman–Crippen LogP) is 4.07. The van der Waals surface area contributed by atoms with E-state index in [1.54, 1.807) is 28.4 Å². The number of aromatic nitrogens is 1. The molecule has 1 amide bonds. The molecule has 8 heteroatoms. The average Bonchev–Trinajstić information content (AvgIpc) is 3.15. The molecule has 1 aromatic heterocycles. The standard InChI is InChI=1S/C24H25FN2O4S/c1-16-26-20(15-32-16)17-6-8-18(9-7-17)30-14-24(29)27-12-10-21(28)23(11-13-27)31-22-5-3-2-4-19(22)25/h2-9,15,21,23,28H,10-14H2,1H3/t21-,23-/m0/s1. The summed E-state index contributed by atoms with van der Waals surface area (Å²) in [5, 5.41) is 13.4. The lowest BCUT2D eigenvalue weighted by molar-refractivity contribution is -0.133. The molecule has 6 nitrogen and oxygen atoms in total. The number of likely N-dealkylation sites (tertiary alicyclic amines) is 1. The van der Waals surface area contributed by atoms with Crippen LogP contribution in [-0.2, 0) is 4.79 Å². The van der Waals surface area contributed by atoms with Crippen LogP contribution in [0.25, 0.3) is 11.3 Å². The molecule has 0 bridgehead atoms. The molecule has 32 heavy (non-hydrogen) atoms. The second-order valence-corrected chi connectivity index (χ2v) is 8.74. The first kappa shape index (κ1) is 22.2. The SMILES string of the molecule is Cc1nc(-c2ccc(OCC(=O)N3CC[C@H](Oc4ccccc4F)[C@@H](O)CC3)cc2)cs1. The van der Waals surface area contributed by atoms with Crippen molar-refractivity contribution in [2.45, 2.75) is 32.0 Å². The van der Waals surface area contributed by atoms with Crippen molar-refractivity contribution in [2.75, 3.05) is 19.7 Å². The Hall–Kier alpha value is -2.97. The van der Waals surface area contributed by atoms with Gasteiger partial charge in [-0.3, -0.25) is 4.79 Å². The molecule has 2 heterocycles. The fraction of sp³-hybridized carbons (Fsp3) is 0.333. The number of para-hydroxylation sites is 1. The third kappa shape index (κ3) is 5.44. The first-order valence-electron chi connectivity index (χ1n) is 10.5. The Kier molecular flexibility index (Phi) is 7.02. The number of halogens is 1. The molecule has 168 valence electrons. The quantitative estimate of drug-likeness (QED) is 0.606. The lowest BCUT2D eigenvalue weighted by Crippen LogP contribution is -2.36. The molecule has 1 fully saturated rings. The molecular weight excluding hydrogens is 431 g/mol. The zero-order chi connectivity index (χ0) is 22.5. The number of aliphatic hydroxyl groups excluding tert-OH is 1. The van der Waals surface area contributed by atoms with Gasteiger partial charge in [-0.15, -0.1) is 11.3 Å². The normalized spacial score (nSPS) is 18.8. The minimum Gasteiger partial charge on any atom is -0.485 e. The zero-order valence-electron chi connectivity index (χ0n) is 17.7. The van der Waals surface area contributed by atoms with Crippen molar-refractivity contribution < 1.29 is 23.8 Å². The fourth-order valence-corrected chi connectivity index (χ4v) is 4.23. The second kappa shape index (κ2) is 10.1. The number of ether oxygens (including phenoxy) is 2. The summed E-state index contributed by atoms with van der Waals surface area (Å²) in [6, 6.07) is 13.6. The summed E-state index contributed by atoms with van der Waals surface area (Å²) < 4.78 is 25.2. The van der Waals surface area contributed by atoms with Crippen molar-refractivity contribution in [1.82, 2.24) is 9.88 Å². The molecule has 0 radical (unpaired) electrons. The maximum Gasteiger partial charge on any atom is 0.260 e. The van der Waals surface area contributed by atoms with Gasteiger partial charge in [0.25, 0.3) is 5.91 Å². The van der Waals surface area contributed by atoms with Crippen LogP contribution in [0.4, 0.5) is 4.39 Å². The van der Waals surface area contributed by atoms with Gasteiger partial charge in [0, 0.05) is 30.5 Å². The number of carbonyl (C=O) groups excluding carboxylic acids is 1. The molecule has 0 saturated carbocycles. The van der Waals surface area contributed by atoms with Crippen LogP contribution in [-0.4, -0.2) is 52.8 Å². The molecule has 2 atom stereocenters. The first-order valence-corrected chi connectivity index (χ1v) is 11.4. The van der Waals surface area contributed by atoms with Gasteiger partial charge in [-0.2, -0.15) is 0 Å².